The minimum absolute atomic E-state index is 1.04. The van der Waals surface area contributed by atoms with E-state index in [1.807, 2.05) is 6.08 Å². The van der Waals surface area contributed by atoms with Crippen molar-refractivity contribution in [3.8, 4) is 0 Å². The summed E-state index contributed by atoms with van der Waals surface area (Å²) in [4.78, 5) is 0. The average molecular weight is 150 g/mol. The zero-order valence-electron chi connectivity index (χ0n) is 7.85. The van der Waals surface area contributed by atoms with Gasteiger partial charge in [-0.1, -0.05) is 42.9 Å². The molecule has 0 aliphatic heterocycles. The van der Waals surface area contributed by atoms with Gasteiger partial charge in [0.15, 0.2) is 0 Å². The van der Waals surface area contributed by atoms with Crippen LogP contribution in [-0.2, 0) is 0 Å². The molecular weight excluding hydrogens is 132 g/mol. The Bertz CT molecular complexity index is 170. The molecule has 0 heteroatoms. The molecular formula is C11H18. The molecule has 0 atom stereocenters. The van der Waals surface area contributed by atoms with Gasteiger partial charge < -0.3 is 0 Å². The molecule has 0 aliphatic rings. The van der Waals surface area contributed by atoms with Gasteiger partial charge in [-0.05, 0) is 26.7 Å². The van der Waals surface area contributed by atoms with Gasteiger partial charge in [0, 0.05) is 0 Å². The van der Waals surface area contributed by atoms with Crippen molar-refractivity contribution in [3.63, 3.8) is 0 Å². The van der Waals surface area contributed by atoms with Gasteiger partial charge in [0.05, 0.1) is 0 Å². The van der Waals surface area contributed by atoms with Gasteiger partial charge in [0.1, 0.15) is 0 Å². The predicted molar refractivity (Wildman–Crippen MR) is 52.6 cm³/mol. The van der Waals surface area contributed by atoms with E-state index >= 15 is 0 Å². The molecule has 0 aromatic carbocycles. The smallest absolute Gasteiger partial charge is 0.0161 e. The molecule has 0 N–H and O–H groups in total. The number of hydrogen-bond donors (Lipinski definition) is 0. The third kappa shape index (κ3) is 5.65. The van der Waals surface area contributed by atoms with E-state index in [2.05, 4.69) is 39.5 Å². The molecule has 0 unspecified atom stereocenters. The number of hydrogen-bond acceptors (Lipinski definition) is 0. The lowest BCUT2D eigenvalue weighted by atomic mass is 10.1. The first-order valence-corrected chi connectivity index (χ1v) is 4.15. The molecule has 0 amide bonds. The lowest BCUT2D eigenvalue weighted by molar-refractivity contribution is 1.08. The van der Waals surface area contributed by atoms with Crippen LogP contribution in [0.1, 0.15) is 33.6 Å². The second-order valence-corrected chi connectivity index (χ2v) is 2.79. The second kappa shape index (κ2) is 5.96. The van der Waals surface area contributed by atoms with Crippen LogP contribution in [0.3, 0.4) is 0 Å². The molecule has 0 aromatic heterocycles. The highest BCUT2D eigenvalue weighted by atomic mass is 13.9. The summed E-state index contributed by atoms with van der Waals surface area (Å²) < 4.78 is 0. The van der Waals surface area contributed by atoms with E-state index in [4.69, 9.17) is 0 Å². The Balaban J connectivity index is 3.80. The Morgan fingerprint density at radius 3 is 2.36 bits per heavy atom. The highest BCUT2D eigenvalue weighted by molar-refractivity contribution is 5.15. The second-order valence-electron chi connectivity index (χ2n) is 2.79. The Kier molecular flexibility index (Phi) is 5.54. The van der Waals surface area contributed by atoms with E-state index in [1.165, 1.54) is 11.1 Å². The molecule has 0 saturated carbocycles. The van der Waals surface area contributed by atoms with E-state index in [1.54, 1.807) is 0 Å². The lowest BCUT2D eigenvalue weighted by Crippen LogP contribution is -1.71. The van der Waals surface area contributed by atoms with Crippen LogP contribution in [0.4, 0.5) is 0 Å². The molecule has 0 rings (SSSR count). The highest BCUT2D eigenvalue weighted by Crippen LogP contribution is 2.02. The van der Waals surface area contributed by atoms with Gasteiger partial charge in [-0.15, -0.1) is 0 Å². The monoisotopic (exact) mass is 150 g/mol. The van der Waals surface area contributed by atoms with Gasteiger partial charge >= 0.3 is 0 Å². The Hall–Kier alpha value is -0.780. The zero-order chi connectivity index (χ0) is 8.69. The molecule has 0 heterocycles. The van der Waals surface area contributed by atoms with Crippen LogP contribution in [0.2, 0.25) is 0 Å². The van der Waals surface area contributed by atoms with Crippen LogP contribution in [0.25, 0.3) is 0 Å². The van der Waals surface area contributed by atoms with Crippen molar-refractivity contribution in [3.05, 3.63) is 36.0 Å². The van der Waals surface area contributed by atoms with Crippen LogP contribution >= 0.6 is 0 Å². The Morgan fingerprint density at radius 2 is 1.91 bits per heavy atom. The summed E-state index contributed by atoms with van der Waals surface area (Å²) in [5.74, 6) is 0. The largest absolute Gasteiger partial charge is 0.0988 e. The van der Waals surface area contributed by atoms with E-state index in [-0.39, 0.29) is 0 Å². The highest BCUT2D eigenvalue weighted by Gasteiger charge is 1.81. The first kappa shape index (κ1) is 10.2. The van der Waals surface area contributed by atoms with Crippen molar-refractivity contribution in [1.82, 2.24) is 0 Å². The van der Waals surface area contributed by atoms with Gasteiger partial charge in [-0.25, -0.2) is 0 Å². The maximum absolute atomic E-state index is 3.69. The maximum Gasteiger partial charge on any atom is -0.0161 e. The summed E-state index contributed by atoms with van der Waals surface area (Å²) >= 11 is 0. The SMILES string of the molecule is C=CC(C)=CCC=C(C)CC. The molecule has 0 saturated heterocycles. The predicted octanol–water partition coefficient (Wildman–Crippen LogP) is 3.87. The van der Waals surface area contributed by atoms with Crippen molar-refractivity contribution in [2.75, 3.05) is 0 Å². The fraction of sp³-hybridized carbons (Fsp3) is 0.455. The maximum atomic E-state index is 3.69. The van der Waals surface area contributed by atoms with E-state index < -0.39 is 0 Å². The first-order chi connectivity index (χ1) is 5.20. The molecule has 0 nitrogen and oxygen atoms in total. The summed E-state index contributed by atoms with van der Waals surface area (Å²) in [6, 6.07) is 0. The van der Waals surface area contributed by atoms with Crippen molar-refractivity contribution in [2.24, 2.45) is 0 Å². The van der Waals surface area contributed by atoms with Crippen LogP contribution in [-0.4, -0.2) is 0 Å². The number of allylic oxidation sites excluding steroid dienone is 5. The number of rotatable bonds is 4. The summed E-state index contributed by atoms with van der Waals surface area (Å²) in [5, 5.41) is 0. The van der Waals surface area contributed by atoms with Crippen molar-refractivity contribution < 1.29 is 0 Å². The fourth-order valence-corrected chi connectivity index (χ4v) is 0.674. The zero-order valence-corrected chi connectivity index (χ0v) is 7.85. The van der Waals surface area contributed by atoms with Crippen LogP contribution in [0.15, 0.2) is 36.0 Å². The minimum atomic E-state index is 1.04. The normalized spacial score (nSPS) is 13.4. The van der Waals surface area contributed by atoms with Crippen molar-refractivity contribution >= 4 is 0 Å². The van der Waals surface area contributed by atoms with Gasteiger partial charge in [-0.3, -0.25) is 0 Å². The Morgan fingerprint density at radius 1 is 1.27 bits per heavy atom. The average Bonchev–Trinajstić information content (AvgIpc) is 2.04. The molecule has 62 valence electrons. The minimum Gasteiger partial charge on any atom is -0.0988 e. The molecule has 0 fully saturated rings. The van der Waals surface area contributed by atoms with E-state index in [9.17, 15) is 0 Å². The molecule has 11 heavy (non-hydrogen) atoms. The quantitative estimate of drug-likeness (QED) is 0.421. The van der Waals surface area contributed by atoms with Crippen molar-refractivity contribution in [2.45, 2.75) is 33.6 Å². The summed E-state index contributed by atoms with van der Waals surface area (Å²) in [6.07, 6.45) is 8.52. The lowest BCUT2D eigenvalue weighted by Gasteiger charge is -1.92. The van der Waals surface area contributed by atoms with Crippen LogP contribution in [0.5, 0.6) is 0 Å². The van der Waals surface area contributed by atoms with Crippen LogP contribution in [0, 0.1) is 0 Å². The Labute approximate surface area is 70.3 Å². The van der Waals surface area contributed by atoms with Crippen LogP contribution < -0.4 is 0 Å². The molecule has 0 radical (unpaired) electrons. The fourth-order valence-electron chi connectivity index (χ4n) is 0.674. The molecule has 0 bridgehead atoms. The summed E-state index contributed by atoms with van der Waals surface area (Å²) in [6.45, 7) is 10.1. The molecule has 0 aliphatic carbocycles. The van der Waals surface area contributed by atoms with Gasteiger partial charge in [0.2, 0.25) is 0 Å². The topological polar surface area (TPSA) is 0 Å². The van der Waals surface area contributed by atoms with E-state index in [0.717, 1.165) is 12.8 Å². The molecule has 0 aromatic rings. The summed E-state index contributed by atoms with van der Waals surface area (Å²) in [5.41, 5.74) is 2.71. The first-order valence-electron chi connectivity index (χ1n) is 4.15. The standard InChI is InChI=1S/C11H18/c1-5-10(3)8-7-9-11(4)6-2/h5,8-9H,1,6-7H2,2-4H3. The molecule has 0 spiro atoms. The summed E-state index contributed by atoms with van der Waals surface area (Å²) in [7, 11) is 0. The third-order valence-corrected chi connectivity index (χ3v) is 1.79. The third-order valence-electron chi connectivity index (χ3n) is 1.79. The van der Waals surface area contributed by atoms with Gasteiger partial charge in [-0.2, -0.15) is 0 Å². The van der Waals surface area contributed by atoms with Gasteiger partial charge in [0.25, 0.3) is 0 Å². The van der Waals surface area contributed by atoms with E-state index in [0.29, 0.717) is 0 Å². The van der Waals surface area contributed by atoms with Crippen molar-refractivity contribution in [1.29, 1.82) is 0 Å².